The van der Waals surface area contributed by atoms with Crippen LogP contribution in [0.3, 0.4) is 0 Å². The van der Waals surface area contributed by atoms with Crippen LogP contribution in [-0.4, -0.2) is 48.8 Å². The predicted octanol–water partition coefficient (Wildman–Crippen LogP) is -0.384. The monoisotopic (exact) mass is 173 g/mol. The van der Waals surface area contributed by atoms with Gasteiger partial charge in [-0.25, -0.2) is 0 Å². The fourth-order valence-electron chi connectivity index (χ4n) is 1.37. The first-order valence-corrected chi connectivity index (χ1v) is 4.19. The second-order valence-corrected chi connectivity index (χ2v) is 3.07. The van der Waals surface area contributed by atoms with Crippen LogP contribution in [0.25, 0.3) is 0 Å². The van der Waals surface area contributed by atoms with Gasteiger partial charge in [-0.3, -0.25) is 4.79 Å². The van der Waals surface area contributed by atoms with Gasteiger partial charge in [0, 0.05) is 19.6 Å². The lowest BCUT2D eigenvalue weighted by molar-refractivity contribution is -0.140. The summed E-state index contributed by atoms with van der Waals surface area (Å²) in [5.74, 6) is -0.184. The van der Waals surface area contributed by atoms with E-state index in [0.29, 0.717) is 19.5 Å². The fraction of sp³-hybridized carbons (Fsp3) is 0.875. The highest BCUT2D eigenvalue weighted by Gasteiger charge is 2.20. The molecule has 1 heterocycles. The fourth-order valence-corrected chi connectivity index (χ4v) is 1.37. The lowest BCUT2D eigenvalue weighted by Crippen LogP contribution is -2.25. The molecule has 0 aliphatic carbocycles. The Labute approximate surface area is 72.1 Å². The maximum absolute atomic E-state index is 10.7. The van der Waals surface area contributed by atoms with E-state index in [-0.39, 0.29) is 12.1 Å². The molecule has 4 heteroatoms. The number of likely N-dealkylation sites (tertiary alicyclic amines) is 1. The Balaban J connectivity index is 2.11. The van der Waals surface area contributed by atoms with Gasteiger partial charge in [-0.1, -0.05) is 0 Å². The van der Waals surface area contributed by atoms with E-state index in [2.05, 4.69) is 9.64 Å². The number of aliphatic hydroxyl groups is 1. The standard InChI is InChI=1S/C8H15NO3/c1-12-8(11)3-5-9-4-2-7(10)6-9/h7,10H,2-6H2,1H3/t7-/m0/s1. The van der Waals surface area contributed by atoms with E-state index in [1.807, 2.05) is 0 Å². The van der Waals surface area contributed by atoms with Gasteiger partial charge < -0.3 is 14.7 Å². The van der Waals surface area contributed by atoms with Crippen LogP contribution in [0.1, 0.15) is 12.8 Å². The normalized spacial score (nSPS) is 24.3. The van der Waals surface area contributed by atoms with Crippen molar-refractivity contribution in [1.29, 1.82) is 0 Å². The lowest BCUT2D eigenvalue weighted by atomic mass is 10.3. The maximum Gasteiger partial charge on any atom is 0.306 e. The maximum atomic E-state index is 10.7. The summed E-state index contributed by atoms with van der Waals surface area (Å²) in [6.07, 6.45) is 1.03. The van der Waals surface area contributed by atoms with Crippen molar-refractivity contribution in [3.05, 3.63) is 0 Å². The van der Waals surface area contributed by atoms with E-state index < -0.39 is 0 Å². The largest absolute Gasteiger partial charge is 0.469 e. The summed E-state index contributed by atoms with van der Waals surface area (Å²) in [7, 11) is 1.39. The van der Waals surface area contributed by atoms with Crippen molar-refractivity contribution in [2.45, 2.75) is 18.9 Å². The van der Waals surface area contributed by atoms with Gasteiger partial charge in [-0.2, -0.15) is 0 Å². The molecule has 0 unspecified atom stereocenters. The summed E-state index contributed by atoms with van der Waals surface area (Å²) in [6, 6.07) is 0. The van der Waals surface area contributed by atoms with Gasteiger partial charge in [0.15, 0.2) is 0 Å². The van der Waals surface area contributed by atoms with Gasteiger partial charge in [0.1, 0.15) is 0 Å². The molecule has 0 bridgehead atoms. The van der Waals surface area contributed by atoms with Crippen molar-refractivity contribution in [2.75, 3.05) is 26.7 Å². The first kappa shape index (κ1) is 9.48. The van der Waals surface area contributed by atoms with Crippen LogP contribution >= 0.6 is 0 Å². The smallest absolute Gasteiger partial charge is 0.306 e. The van der Waals surface area contributed by atoms with Crippen molar-refractivity contribution in [3.63, 3.8) is 0 Å². The zero-order chi connectivity index (χ0) is 8.97. The van der Waals surface area contributed by atoms with Gasteiger partial charge >= 0.3 is 5.97 Å². The highest BCUT2D eigenvalue weighted by Crippen LogP contribution is 2.08. The van der Waals surface area contributed by atoms with Crippen LogP contribution in [0.15, 0.2) is 0 Å². The number of carbonyl (C=O) groups is 1. The SMILES string of the molecule is COC(=O)CCN1CC[C@H](O)C1. The summed E-state index contributed by atoms with van der Waals surface area (Å²) in [4.78, 5) is 12.8. The minimum atomic E-state index is -0.206. The highest BCUT2D eigenvalue weighted by atomic mass is 16.5. The minimum Gasteiger partial charge on any atom is -0.469 e. The molecule has 0 amide bonds. The zero-order valence-corrected chi connectivity index (χ0v) is 7.32. The summed E-state index contributed by atoms with van der Waals surface area (Å²) in [6.45, 7) is 2.28. The Bertz CT molecular complexity index is 160. The quantitative estimate of drug-likeness (QED) is 0.591. The number of nitrogens with zero attached hydrogens (tertiary/aromatic N) is 1. The number of hydrogen-bond acceptors (Lipinski definition) is 4. The Kier molecular flexibility index (Phi) is 3.49. The Morgan fingerprint density at radius 2 is 2.50 bits per heavy atom. The summed E-state index contributed by atoms with van der Waals surface area (Å²) in [5.41, 5.74) is 0. The zero-order valence-electron chi connectivity index (χ0n) is 7.32. The lowest BCUT2D eigenvalue weighted by Gasteiger charge is -2.12. The molecular formula is C8H15NO3. The van der Waals surface area contributed by atoms with E-state index >= 15 is 0 Å². The third kappa shape index (κ3) is 2.79. The highest BCUT2D eigenvalue weighted by molar-refractivity contribution is 5.69. The Morgan fingerprint density at radius 3 is 3.00 bits per heavy atom. The minimum absolute atomic E-state index is 0.184. The second kappa shape index (κ2) is 4.42. The molecule has 1 aliphatic rings. The van der Waals surface area contributed by atoms with Gasteiger partial charge in [0.05, 0.1) is 19.6 Å². The molecule has 0 aromatic carbocycles. The number of methoxy groups -OCH3 is 1. The molecule has 1 fully saturated rings. The molecule has 0 aromatic heterocycles. The number of esters is 1. The van der Waals surface area contributed by atoms with E-state index in [1.165, 1.54) is 7.11 Å². The summed E-state index contributed by atoms with van der Waals surface area (Å²) in [5, 5.41) is 9.16. The Morgan fingerprint density at radius 1 is 1.75 bits per heavy atom. The molecule has 1 N–H and O–H groups in total. The Hall–Kier alpha value is -0.610. The van der Waals surface area contributed by atoms with Gasteiger partial charge in [-0.15, -0.1) is 0 Å². The molecule has 1 saturated heterocycles. The molecule has 1 atom stereocenters. The van der Waals surface area contributed by atoms with Crippen LogP contribution < -0.4 is 0 Å². The number of carbonyl (C=O) groups excluding carboxylic acids is 1. The van der Waals surface area contributed by atoms with E-state index in [0.717, 1.165) is 13.0 Å². The number of hydrogen-bond donors (Lipinski definition) is 1. The molecule has 4 nitrogen and oxygen atoms in total. The van der Waals surface area contributed by atoms with Gasteiger partial charge in [-0.05, 0) is 6.42 Å². The number of aliphatic hydroxyl groups excluding tert-OH is 1. The summed E-state index contributed by atoms with van der Waals surface area (Å²) >= 11 is 0. The molecule has 0 spiro atoms. The van der Waals surface area contributed by atoms with Crippen molar-refractivity contribution in [1.82, 2.24) is 4.90 Å². The molecule has 0 radical (unpaired) electrons. The molecule has 1 rings (SSSR count). The van der Waals surface area contributed by atoms with E-state index in [1.54, 1.807) is 0 Å². The summed E-state index contributed by atoms with van der Waals surface area (Å²) < 4.78 is 4.51. The third-order valence-corrected chi connectivity index (χ3v) is 2.11. The van der Waals surface area contributed by atoms with Crippen LogP contribution in [-0.2, 0) is 9.53 Å². The molecular weight excluding hydrogens is 158 g/mol. The van der Waals surface area contributed by atoms with Crippen LogP contribution in [0.4, 0.5) is 0 Å². The van der Waals surface area contributed by atoms with Crippen molar-refractivity contribution < 1.29 is 14.6 Å². The third-order valence-electron chi connectivity index (χ3n) is 2.11. The van der Waals surface area contributed by atoms with Crippen molar-refractivity contribution in [2.24, 2.45) is 0 Å². The van der Waals surface area contributed by atoms with Crippen molar-refractivity contribution in [3.8, 4) is 0 Å². The van der Waals surface area contributed by atoms with E-state index in [9.17, 15) is 4.79 Å². The first-order chi connectivity index (χ1) is 5.72. The number of rotatable bonds is 3. The molecule has 0 saturated carbocycles. The predicted molar refractivity (Wildman–Crippen MR) is 43.7 cm³/mol. The van der Waals surface area contributed by atoms with Gasteiger partial charge in [0.25, 0.3) is 0 Å². The van der Waals surface area contributed by atoms with Crippen LogP contribution in [0, 0.1) is 0 Å². The average Bonchev–Trinajstić information content (AvgIpc) is 2.47. The average molecular weight is 173 g/mol. The second-order valence-electron chi connectivity index (χ2n) is 3.07. The molecule has 1 aliphatic heterocycles. The van der Waals surface area contributed by atoms with Crippen molar-refractivity contribution >= 4 is 5.97 Å². The molecule has 12 heavy (non-hydrogen) atoms. The van der Waals surface area contributed by atoms with Gasteiger partial charge in [0.2, 0.25) is 0 Å². The molecule has 0 aromatic rings. The number of β-amino-alcohol motifs (C(OH)–C–C–N with tert-alkyl or cyclic N) is 1. The molecule has 70 valence electrons. The topological polar surface area (TPSA) is 49.8 Å². The number of ether oxygens (including phenoxy) is 1. The van der Waals surface area contributed by atoms with Crippen LogP contribution in [0.5, 0.6) is 0 Å². The van der Waals surface area contributed by atoms with Crippen LogP contribution in [0.2, 0.25) is 0 Å². The van der Waals surface area contributed by atoms with E-state index in [4.69, 9.17) is 5.11 Å². The first-order valence-electron chi connectivity index (χ1n) is 4.19.